The fourth-order valence-electron chi connectivity index (χ4n) is 5.38. The molecule has 0 radical (unpaired) electrons. The Bertz CT molecular complexity index is 1190. The molecule has 0 bridgehead atoms. The Kier molecular flexibility index (Phi) is 39.7. The second kappa shape index (κ2) is 41.8. The molecule has 0 aliphatic heterocycles. The molecule has 0 rings (SSSR count). The number of esters is 2. The van der Waals surface area contributed by atoms with Gasteiger partial charge in [-0.1, -0.05) is 163 Å². The van der Waals surface area contributed by atoms with Crippen LogP contribution in [0, 0.1) is 0 Å². The molecule has 0 aromatic rings. The molecule has 0 spiro atoms. The van der Waals surface area contributed by atoms with E-state index in [1.54, 1.807) is 0 Å². The van der Waals surface area contributed by atoms with Gasteiger partial charge in [0.25, 0.3) is 0 Å². The highest BCUT2D eigenvalue weighted by Crippen LogP contribution is 2.43. The summed E-state index contributed by atoms with van der Waals surface area (Å²) in [6.45, 7) is 3.54. The number of phosphoric ester groups is 1. The van der Waals surface area contributed by atoms with Crippen molar-refractivity contribution in [2.45, 2.75) is 168 Å². The molecule has 3 N–H and O–H groups in total. The van der Waals surface area contributed by atoms with Crippen molar-refractivity contribution in [3.05, 3.63) is 85.1 Å². The van der Waals surface area contributed by atoms with E-state index in [0.29, 0.717) is 6.42 Å². The van der Waals surface area contributed by atoms with Crippen molar-refractivity contribution in [3.8, 4) is 0 Å². The molecule has 0 fully saturated rings. The number of hydrogen-bond donors (Lipinski definition) is 2. The lowest BCUT2D eigenvalue weighted by molar-refractivity contribution is -0.161. The molecule has 2 atom stereocenters. The molecule has 320 valence electrons. The third-order valence-electron chi connectivity index (χ3n) is 8.55. The van der Waals surface area contributed by atoms with Crippen LogP contribution in [-0.2, 0) is 32.7 Å². The molecule has 0 aliphatic rings. The highest BCUT2D eigenvalue weighted by Gasteiger charge is 2.25. The van der Waals surface area contributed by atoms with E-state index >= 15 is 0 Å². The van der Waals surface area contributed by atoms with E-state index in [-0.39, 0.29) is 32.6 Å². The SMILES string of the molecule is CC/C=C\C/C=C\C/C=C\C/C=C\C/C=C\C/C=C\C/C=C\CCCCCC(=O)OC(COC(=O)CCCCCCCCCCCC)COP(=O)(O)OCCN. The van der Waals surface area contributed by atoms with Crippen molar-refractivity contribution in [1.29, 1.82) is 0 Å². The summed E-state index contributed by atoms with van der Waals surface area (Å²) in [5, 5.41) is 0. The predicted octanol–water partition coefficient (Wildman–Crippen LogP) is 12.4. The second-order valence-corrected chi connectivity index (χ2v) is 15.3. The van der Waals surface area contributed by atoms with Crippen LogP contribution in [0.5, 0.6) is 0 Å². The average Bonchev–Trinajstić information content (AvgIpc) is 3.18. The van der Waals surface area contributed by atoms with Gasteiger partial charge in [0, 0.05) is 19.4 Å². The zero-order valence-electron chi connectivity index (χ0n) is 35.1. The summed E-state index contributed by atoms with van der Waals surface area (Å²) in [7, 11) is -4.39. The van der Waals surface area contributed by atoms with Crippen LogP contribution >= 0.6 is 7.82 Å². The number of hydrogen-bond acceptors (Lipinski definition) is 8. The second-order valence-electron chi connectivity index (χ2n) is 13.8. The van der Waals surface area contributed by atoms with Crippen LogP contribution in [0.1, 0.15) is 162 Å². The lowest BCUT2D eigenvalue weighted by Crippen LogP contribution is -2.29. The summed E-state index contributed by atoms with van der Waals surface area (Å²) in [5.41, 5.74) is 5.34. The van der Waals surface area contributed by atoms with Gasteiger partial charge in [0.2, 0.25) is 0 Å². The number of carbonyl (C=O) groups excluding carboxylic acids is 2. The van der Waals surface area contributed by atoms with E-state index < -0.39 is 32.5 Å². The van der Waals surface area contributed by atoms with Gasteiger partial charge >= 0.3 is 19.8 Å². The Balaban J connectivity index is 4.21. The van der Waals surface area contributed by atoms with Crippen molar-refractivity contribution in [2.75, 3.05) is 26.4 Å². The minimum absolute atomic E-state index is 0.0438. The Morgan fingerprint density at radius 1 is 0.554 bits per heavy atom. The van der Waals surface area contributed by atoms with Crippen molar-refractivity contribution in [1.82, 2.24) is 0 Å². The summed E-state index contributed by atoms with van der Waals surface area (Å²) >= 11 is 0. The topological polar surface area (TPSA) is 134 Å². The molecular formula is C46H78NO8P. The lowest BCUT2D eigenvalue weighted by Gasteiger charge is -2.19. The van der Waals surface area contributed by atoms with Gasteiger partial charge in [0.1, 0.15) is 6.61 Å². The predicted molar refractivity (Wildman–Crippen MR) is 233 cm³/mol. The minimum Gasteiger partial charge on any atom is -0.462 e. The van der Waals surface area contributed by atoms with Crippen LogP contribution in [0.4, 0.5) is 0 Å². The van der Waals surface area contributed by atoms with Crippen molar-refractivity contribution in [3.63, 3.8) is 0 Å². The molecule has 0 saturated heterocycles. The number of phosphoric acid groups is 1. The molecule has 56 heavy (non-hydrogen) atoms. The van der Waals surface area contributed by atoms with Gasteiger partial charge in [0.05, 0.1) is 13.2 Å². The maximum atomic E-state index is 12.6. The van der Waals surface area contributed by atoms with Crippen LogP contribution < -0.4 is 5.73 Å². The first-order valence-corrected chi connectivity index (χ1v) is 23.1. The van der Waals surface area contributed by atoms with Crippen LogP contribution in [0.2, 0.25) is 0 Å². The fraction of sp³-hybridized carbons (Fsp3) is 0.652. The minimum atomic E-state index is -4.39. The van der Waals surface area contributed by atoms with Crippen LogP contribution in [0.3, 0.4) is 0 Å². The Hall–Kier alpha value is -2.81. The Morgan fingerprint density at radius 2 is 0.982 bits per heavy atom. The number of allylic oxidation sites excluding steroid dienone is 14. The maximum Gasteiger partial charge on any atom is 0.472 e. The van der Waals surface area contributed by atoms with Gasteiger partial charge in [-0.3, -0.25) is 18.6 Å². The first-order chi connectivity index (χ1) is 27.3. The van der Waals surface area contributed by atoms with Crippen molar-refractivity contribution >= 4 is 19.8 Å². The van der Waals surface area contributed by atoms with E-state index in [0.717, 1.165) is 83.5 Å². The van der Waals surface area contributed by atoms with E-state index in [1.807, 2.05) is 0 Å². The van der Waals surface area contributed by atoms with Gasteiger partial charge in [0.15, 0.2) is 6.10 Å². The number of rotatable bonds is 39. The standard InChI is InChI=1S/C46H78NO8P/c1-3-5-7-9-11-13-15-16-17-18-19-20-21-22-23-24-25-26-27-28-29-31-33-35-37-39-46(49)55-44(43-54-56(50,51)53-41-40-47)42-52-45(48)38-36-34-32-30-14-12-10-8-6-4-2/h5,7,11,13,16-17,19-20,22-23,25-26,28-29,44H,3-4,6,8-10,12,14-15,18,21,24,27,30-43,47H2,1-2H3,(H,50,51)/b7-5-,13-11-,17-16-,20-19-,23-22-,26-25-,29-28-. The van der Waals surface area contributed by atoms with E-state index in [2.05, 4.69) is 98.9 Å². The third-order valence-corrected chi connectivity index (χ3v) is 9.53. The van der Waals surface area contributed by atoms with Gasteiger partial charge < -0.3 is 20.1 Å². The first-order valence-electron chi connectivity index (χ1n) is 21.6. The zero-order valence-corrected chi connectivity index (χ0v) is 36.0. The summed E-state index contributed by atoms with van der Waals surface area (Å²) in [4.78, 5) is 34.8. The summed E-state index contributed by atoms with van der Waals surface area (Å²) in [5.74, 6) is -0.876. The first kappa shape index (κ1) is 53.2. The molecule has 0 aromatic heterocycles. The fourth-order valence-corrected chi connectivity index (χ4v) is 6.14. The molecule has 0 heterocycles. The summed E-state index contributed by atoms with van der Waals surface area (Å²) < 4.78 is 32.7. The molecule has 0 aromatic carbocycles. The molecule has 0 aliphatic carbocycles. The highest BCUT2D eigenvalue weighted by atomic mass is 31.2. The molecule has 2 unspecified atom stereocenters. The summed E-state index contributed by atoms with van der Waals surface area (Å²) in [6.07, 6.45) is 51.9. The highest BCUT2D eigenvalue weighted by molar-refractivity contribution is 7.47. The molecule has 0 amide bonds. The molecule has 9 nitrogen and oxygen atoms in total. The van der Waals surface area contributed by atoms with Crippen molar-refractivity contribution in [2.24, 2.45) is 5.73 Å². The van der Waals surface area contributed by atoms with Crippen LogP contribution in [0.25, 0.3) is 0 Å². The van der Waals surface area contributed by atoms with E-state index in [4.69, 9.17) is 24.3 Å². The molecule has 0 saturated carbocycles. The zero-order chi connectivity index (χ0) is 41.1. The normalized spacial score (nSPS) is 14.1. The maximum absolute atomic E-state index is 12.6. The number of ether oxygens (including phenoxy) is 2. The van der Waals surface area contributed by atoms with E-state index in [1.165, 1.54) is 44.9 Å². The average molecular weight is 804 g/mol. The van der Waals surface area contributed by atoms with Gasteiger partial charge in [-0.05, 0) is 70.6 Å². The monoisotopic (exact) mass is 804 g/mol. The van der Waals surface area contributed by atoms with Gasteiger partial charge in [-0.2, -0.15) is 0 Å². The number of nitrogens with two attached hydrogens (primary N) is 1. The quantitative estimate of drug-likeness (QED) is 0.0269. The summed E-state index contributed by atoms with van der Waals surface area (Å²) in [6, 6.07) is 0. The van der Waals surface area contributed by atoms with Crippen LogP contribution in [-0.4, -0.2) is 49.3 Å². The number of carbonyl (C=O) groups is 2. The Morgan fingerprint density at radius 3 is 1.46 bits per heavy atom. The van der Waals surface area contributed by atoms with Crippen molar-refractivity contribution < 1.29 is 37.6 Å². The third kappa shape index (κ3) is 40.8. The van der Waals surface area contributed by atoms with Crippen LogP contribution in [0.15, 0.2) is 85.1 Å². The van der Waals surface area contributed by atoms with E-state index in [9.17, 15) is 19.0 Å². The molecule has 10 heteroatoms. The smallest absolute Gasteiger partial charge is 0.462 e. The molecular weight excluding hydrogens is 725 g/mol. The van der Waals surface area contributed by atoms with Gasteiger partial charge in [-0.15, -0.1) is 0 Å². The lowest BCUT2D eigenvalue weighted by atomic mass is 10.1. The largest absolute Gasteiger partial charge is 0.472 e. The van der Waals surface area contributed by atoms with Gasteiger partial charge in [-0.25, -0.2) is 4.57 Å². The Labute approximate surface area is 341 Å². The number of unbranched alkanes of at least 4 members (excludes halogenated alkanes) is 12.